The van der Waals surface area contributed by atoms with E-state index in [2.05, 4.69) is 19.6 Å². The van der Waals surface area contributed by atoms with Crippen LogP contribution in [0.4, 0.5) is 0 Å². The van der Waals surface area contributed by atoms with E-state index in [1.807, 2.05) is 51.1 Å². The lowest BCUT2D eigenvalue weighted by molar-refractivity contribution is 0.640. The number of hydrogen-bond donors (Lipinski definition) is 0. The molecule has 0 saturated carbocycles. The molecule has 0 bridgehead atoms. The zero-order valence-corrected chi connectivity index (χ0v) is 13.5. The van der Waals surface area contributed by atoms with Crippen LogP contribution in [0.2, 0.25) is 19.6 Å². The van der Waals surface area contributed by atoms with Gasteiger partial charge in [0.05, 0.1) is 9.73 Å². The molecule has 0 saturated heterocycles. The van der Waals surface area contributed by atoms with Gasteiger partial charge in [0, 0.05) is 9.64 Å². The minimum Gasteiger partial charge on any atom is -0.274 e. The van der Waals surface area contributed by atoms with E-state index in [0.717, 1.165) is 4.90 Å². The molecule has 0 heterocycles. The highest BCUT2D eigenvalue weighted by molar-refractivity contribution is 7.95. The van der Waals surface area contributed by atoms with Crippen LogP contribution in [0.5, 0.6) is 0 Å². The van der Waals surface area contributed by atoms with Crippen LogP contribution < -0.4 is 0 Å². The molecular formula is C13H23NOSSi. The fraction of sp³-hybridized carbons (Fsp3) is 0.538. The SMILES string of the molecule is CC(C)(C)S(=O)(=N[Si](C)(C)C)c1ccccc1. The van der Waals surface area contributed by atoms with E-state index in [1.165, 1.54) is 0 Å². The third-order valence-corrected chi connectivity index (χ3v) is 8.09. The fourth-order valence-corrected chi connectivity index (χ4v) is 7.37. The molecule has 96 valence electrons. The molecule has 0 amide bonds. The Morgan fingerprint density at radius 2 is 1.53 bits per heavy atom. The molecule has 1 unspecified atom stereocenters. The number of nitrogens with zero attached hydrogens (tertiary/aromatic N) is 1. The molecule has 0 aliphatic carbocycles. The van der Waals surface area contributed by atoms with Crippen molar-refractivity contribution in [2.75, 3.05) is 0 Å². The average molecular weight is 269 g/mol. The van der Waals surface area contributed by atoms with Gasteiger partial charge in [0.1, 0.15) is 0 Å². The summed E-state index contributed by atoms with van der Waals surface area (Å²) in [4.78, 5) is 0.856. The second-order valence-corrected chi connectivity index (χ2v) is 14.0. The molecular weight excluding hydrogens is 246 g/mol. The quantitative estimate of drug-likeness (QED) is 0.742. The third-order valence-electron chi connectivity index (χ3n) is 2.30. The van der Waals surface area contributed by atoms with Gasteiger partial charge < -0.3 is 0 Å². The first kappa shape index (κ1) is 14.4. The Kier molecular flexibility index (Phi) is 3.89. The highest BCUT2D eigenvalue weighted by Gasteiger charge is 2.31. The van der Waals surface area contributed by atoms with Gasteiger partial charge in [-0.3, -0.25) is 4.03 Å². The number of rotatable bonds is 2. The molecule has 1 aromatic carbocycles. The highest BCUT2D eigenvalue weighted by Crippen LogP contribution is 2.29. The van der Waals surface area contributed by atoms with Gasteiger partial charge in [-0.25, -0.2) is 4.21 Å². The second-order valence-electron chi connectivity index (χ2n) is 6.21. The Bertz CT molecular complexity index is 488. The zero-order valence-electron chi connectivity index (χ0n) is 11.7. The summed E-state index contributed by atoms with van der Waals surface area (Å²) in [7, 11) is -4.09. The minimum atomic E-state index is -2.35. The van der Waals surface area contributed by atoms with Crippen molar-refractivity contribution in [1.29, 1.82) is 0 Å². The maximum absolute atomic E-state index is 13.3. The molecule has 0 fully saturated rings. The molecule has 2 nitrogen and oxygen atoms in total. The summed E-state index contributed by atoms with van der Waals surface area (Å²) in [6, 6.07) is 9.66. The Morgan fingerprint density at radius 3 is 1.88 bits per heavy atom. The molecule has 1 aromatic rings. The van der Waals surface area contributed by atoms with Crippen molar-refractivity contribution in [2.45, 2.75) is 50.1 Å². The molecule has 0 N–H and O–H groups in total. The molecule has 0 spiro atoms. The lowest BCUT2D eigenvalue weighted by atomic mass is 10.3. The van der Waals surface area contributed by atoms with E-state index >= 15 is 0 Å². The minimum absolute atomic E-state index is 0.339. The van der Waals surface area contributed by atoms with Crippen LogP contribution in [0.3, 0.4) is 0 Å². The number of benzene rings is 1. The summed E-state index contributed by atoms with van der Waals surface area (Å²) in [6.45, 7) is 12.4. The Hall–Kier alpha value is -0.613. The summed E-state index contributed by atoms with van der Waals surface area (Å²) < 4.78 is 17.7. The normalized spacial score (nSPS) is 16.4. The van der Waals surface area contributed by atoms with E-state index < -0.39 is 18.0 Å². The van der Waals surface area contributed by atoms with E-state index in [-0.39, 0.29) is 4.75 Å². The van der Waals surface area contributed by atoms with Crippen molar-refractivity contribution in [3.05, 3.63) is 30.3 Å². The third kappa shape index (κ3) is 3.42. The van der Waals surface area contributed by atoms with Crippen molar-refractivity contribution < 1.29 is 4.21 Å². The highest BCUT2D eigenvalue weighted by atomic mass is 32.2. The summed E-state index contributed by atoms with van der Waals surface area (Å²) in [5, 5.41) is 0. The van der Waals surface area contributed by atoms with Crippen molar-refractivity contribution in [2.24, 2.45) is 4.03 Å². The molecule has 0 aromatic heterocycles. The van der Waals surface area contributed by atoms with Gasteiger partial charge in [-0.15, -0.1) is 0 Å². The van der Waals surface area contributed by atoms with Crippen molar-refractivity contribution in [3.63, 3.8) is 0 Å². The van der Waals surface area contributed by atoms with Gasteiger partial charge in [-0.1, -0.05) is 18.2 Å². The topological polar surface area (TPSA) is 29.4 Å². The maximum Gasteiger partial charge on any atom is 0.185 e. The van der Waals surface area contributed by atoms with Gasteiger partial charge >= 0.3 is 0 Å². The largest absolute Gasteiger partial charge is 0.274 e. The molecule has 0 radical (unpaired) electrons. The molecule has 4 heteroatoms. The van der Waals surface area contributed by atoms with Crippen molar-refractivity contribution in [1.82, 2.24) is 0 Å². The van der Waals surface area contributed by atoms with Gasteiger partial charge in [0.15, 0.2) is 8.24 Å². The summed E-state index contributed by atoms with van der Waals surface area (Å²) in [5.74, 6) is 0. The molecule has 1 rings (SSSR count). The second kappa shape index (κ2) is 4.57. The van der Waals surface area contributed by atoms with Gasteiger partial charge in [-0.05, 0) is 52.5 Å². The molecule has 0 aliphatic heterocycles. The van der Waals surface area contributed by atoms with Crippen LogP contribution in [0.1, 0.15) is 20.8 Å². The van der Waals surface area contributed by atoms with Crippen LogP contribution in [-0.4, -0.2) is 17.2 Å². The van der Waals surface area contributed by atoms with E-state index in [0.29, 0.717) is 0 Å². The molecule has 1 atom stereocenters. The first-order valence-electron chi connectivity index (χ1n) is 5.89. The van der Waals surface area contributed by atoms with Gasteiger partial charge in [0.2, 0.25) is 0 Å². The van der Waals surface area contributed by atoms with Gasteiger partial charge in [0.25, 0.3) is 0 Å². The molecule has 0 aliphatic rings. The predicted octanol–water partition coefficient (Wildman–Crippen LogP) is 4.15. The maximum atomic E-state index is 13.3. The van der Waals surface area contributed by atoms with Crippen molar-refractivity contribution in [3.8, 4) is 0 Å². The predicted molar refractivity (Wildman–Crippen MR) is 78.4 cm³/mol. The lowest BCUT2D eigenvalue weighted by Crippen LogP contribution is -2.32. The lowest BCUT2D eigenvalue weighted by Gasteiger charge is -2.27. The van der Waals surface area contributed by atoms with Crippen LogP contribution in [0.25, 0.3) is 0 Å². The monoisotopic (exact) mass is 269 g/mol. The summed E-state index contributed by atoms with van der Waals surface area (Å²) in [5.41, 5.74) is 0. The zero-order chi connectivity index (χ0) is 13.3. The summed E-state index contributed by atoms with van der Waals surface area (Å²) >= 11 is 0. The van der Waals surface area contributed by atoms with E-state index in [9.17, 15) is 4.21 Å². The Balaban J connectivity index is 3.55. The van der Waals surface area contributed by atoms with Crippen LogP contribution in [0, 0.1) is 0 Å². The Morgan fingerprint density at radius 1 is 1.06 bits per heavy atom. The van der Waals surface area contributed by atoms with Gasteiger partial charge in [-0.2, -0.15) is 0 Å². The van der Waals surface area contributed by atoms with Crippen molar-refractivity contribution >= 4 is 18.0 Å². The fourth-order valence-electron chi connectivity index (χ4n) is 1.53. The summed E-state index contributed by atoms with van der Waals surface area (Å²) in [6.07, 6.45) is 0. The van der Waals surface area contributed by atoms with Crippen LogP contribution >= 0.6 is 0 Å². The van der Waals surface area contributed by atoms with Crippen LogP contribution in [-0.2, 0) is 9.73 Å². The first-order chi connectivity index (χ1) is 7.56. The first-order valence-corrected chi connectivity index (χ1v) is 10.9. The molecule has 17 heavy (non-hydrogen) atoms. The standard InChI is InChI=1S/C13H23NOSSi/c1-13(2,3)16(15,14-17(4,5)6)12-10-8-7-9-11-12/h7-11H,1-6H3. The number of hydrogen-bond acceptors (Lipinski definition) is 2. The average Bonchev–Trinajstić information content (AvgIpc) is 2.14. The van der Waals surface area contributed by atoms with E-state index in [4.69, 9.17) is 4.03 Å². The van der Waals surface area contributed by atoms with E-state index in [1.54, 1.807) is 0 Å². The van der Waals surface area contributed by atoms with Crippen LogP contribution in [0.15, 0.2) is 39.3 Å². The Labute approximate surface area is 107 Å². The smallest absolute Gasteiger partial charge is 0.185 e.